The lowest BCUT2D eigenvalue weighted by atomic mass is 10.0. The van der Waals surface area contributed by atoms with E-state index in [-0.39, 0.29) is 16.6 Å². The minimum absolute atomic E-state index is 0.0323. The molecule has 4 aromatic rings. The summed E-state index contributed by atoms with van der Waals surface area (Å²) in [5.74, 6) is -0.102. The molecule has 1 heterocycles. The molecular weight excluding hydrogens is 436 g/mol. The molecule has 0 bridgehead atoms. The van der Waals surface area contributed by atoms with Gasteiger partial charge in [0, 0.05) is 34.9 Å². The molecule has 1 aromatic heterocycles. The zero-order chi connectivity index (χ0) is 23.4. The number of allylic oxidation sites excluding steroid dienone is 1. The van der Waals surface area contributed by atoms with Crippen molar-refractivity contribution >= 4 is 38.2 Å². The normalized spacial score (nSPS) is 11.6. The van der Waals surface area contributed by atoms with Gasteiger partial charge < -0.3 is 5.32 Å². The first-order valence-electron chi connectivity index (χ1n) is 10.2. The van der Waals surface area contributed by atoms with E-state index in [1.807, 2.05) is 36.4 Å². The maximum absolute atomic E-state index is 12.6. The average molecular weight is 459 g/mol. The minimum atomic E-state index is -3.83. The largest absolute Gasteiger partial charge is 0.362 e. The third-order valence-electron chi connectivity index (χ3n) is 4.89. The first kappa shape index (κ1) is 22.2. The van der Waals surface area contributed by atoms with E-state index in [0.717, 1.165) is 10.8 Å². The van der Waals surface area contributed by atoms with Crippen LogP contribution >= 0.6 is 0 Å². The van der Waals surface area contributed by atoms with Crippen molar-refractivity contribution < 1.29 is 13.2 Å². The number of carbonyl (C=O) groups is 1. The van der Waals surface area contributed by atoms with Crippen LogP contribution in [-0.4, -0.2) is 24.2 Å². The van der Waals surface area contributed by atoms with Gasteiger partial charge in [-0.05, 0) is 61.0 Å². The minimum Gasteiger partial charge on any atom is -0.362 e. The SMILES string of the molecule is Cc1cc(C)nc(NS(=O)(=O)c2ccc(N/C=C/C(=O)c3ccc4ccccc4c3)cc2)n1. The summed E-state index contributed by atoms with van der Waals surface area (Å²) >= 11 is 0. The number of nitrogens with one attached hydrogen (secondary N) is 2. The zero-order valence-corrected chi connectivity index (χ0v) is 18.9. The van der Waals surface area contributed by atoms with E-state index in [9.17, 15) is 13.2 Å². The number of aromatic nitrogens is 2. The van der Waals surface area contributed by atoms with Gasteiger partial charge in [-0.15, -0.1) is 0 Å². The number of ketones is 1. The van der Waals surface area contributed by atoms with Crippen LogP contribution in [0.25, 0.3) is 10.8 Å². The highest BCUT2D eigenvalue weighted by molar-refractivity contribution is 7.92. The van der Waals surface area contributed by atoms with Crippen LogP contribution in [0.4, 0.5) is 11.6 Å². The Balaban J connectivity index is 1.41. The van der Waals surface area contributed by atoms with Gasteiger partial charge in [-0.25, -0.2) is 23.1 Å². The Morgan fingerprint density at radius 2 is 1.52 bits per heavy atom. The van der Waals surface area contributed by atoms with Crippen molar-refractivity contribution in [1.82, 2.24) is 9.97 Å². The predicted octanol–water partition coefficient (Wildman–Crippen LogP) is 4.86. The van der Waals surface area contributed by atoms with Gasteiger partial charge in [0.05, 0.1) is 4.90 Å². The summed E-state index contributed by atoms with van der Waals surface area (Å²) < 4.78 is 27.6. The molecule has 0 saturated carbocycles. The van der Waals surface area contributed by atoms with E-state index in [2.05, 4.69) is 20.0 Å². The van der Waals surface area contributed by atoms with Gasteiger partial charge >= 0.3 is 0 Å². The molecule has 0 amide bonds. The van der Waals surface area contributed by atoms with Gasteiger partial charge in [0.2, 0.25) is 5.95 Å². The fraction of sp³-hybridized carbons (Fsp3) is 0.0800. The summed E-state index contributed by atoms with van der Waals surface area (Å²) in [5, 5.41) is 5.06. The number of anilines is 2. The summed E-state index contributed by atoms with van der Waals surface area (Å²) in [6.45, 7) is 3.54. The number of rotatable bonds is 7. The van der Waals surface area contributed by atoms with E-state index in [1.54, 1.807) is 38.1 Å². The quantitative estimate of drug-likeness (QED) is 0.303. The molecular formula is C25H22N4O3S. The average Bonchev–Trinajstić information content (AvgIpc) is 2.78. The Labute approximate surface area is 192 Å². The number of hydrogen-bond acceptors (Lipinski definition) is 6. The number of nitrogens with zero attached hydrogens (tertiary/aromatic N) is 2. The second-order valence-electron chi connectivity index (χ2n) is 7.51. The smallest absolute Gasteiger partial charge is 0.264 e. The van der Waals surface area contributed by atoms with E-state index >= 15 is 0 Å². The van der Waals surface area contributed by atoms with Gasteiger partial charge in [-0.1, -0.05) is 36.4 Å². The molecule has 33 heavy (non-hydrogen) atoms. The standard InChI is InChI=1S/C25H22N4O3S/c1-17-15-18(2)28-25(27-17)29-33(31,32)23-11-9-22(10-12-23)26-14-13-24(30)21-8-7-19-5-3-4-6-20(19)16-21/h3-16,26H,1-2H3,(H,27,28,29)/b14-13+. The Morgan fingerprint density at radius 3 is 2.21 bits per heavy atom. The van der Waals surface area contributed by atoms with Crippen LogP contribution in [-0.2, 0) is 10.0 Å². The number of hydrogen-bond donors (Lipinski definition) is 2. The van der Waals surface area contributed by atoms with Crippen LogP contribution in [0, 0.1) is 13.8 Å². The van der Waals surface area contributed by atoms with E-state index in [0.29, 0.717) is 22.6 Å². The van der Waals surface area contributed by atoms with Crippen molar-refractivity contribution in [3.63, 3.8) is 0 Å². The molecule has 0 atom stereocenters. The van der Waals surface area contributed by atoms with Crippen molar-refractivity contribution in [2.75, 3.05) is 10.0 Å². The molecule has 0 aliphatic heterocycles. The maximum Gasteiger partial charge on any atom is 0.264 e. The summed E-state index contributed by atoms with van der Waals surface area (Å²) in [6.07, 6.45) is 2.97. The Bertz CT molecular complexity index is 1440. The number of carbonyl (C=O) groups excluding carboxylic acids is 1. The lowest BCUT2D eigenvalue weighted by Gasteiger charge is -2.09. The van der Waals surface area contributed by atoms with E-state index in [4.69, 9.17) is 0 Å². The van der Waals surface area contributed by atoms with Crippen molar-refractivity contribution in [1.29, 1.82) is 0 Å². The third-order valence-corrected chi connectivity index (χ3v) is 6.24. The Kier molecular flexibility index (Phi) is 6.19. The molecule has 166 valence electrons. The molecule has 8 heteroatoms. The van der Waals surface area contributed by atoms with Crippen molar-refractivity contribution in [2.24, 2.45) is 0 Å². The molecule has 0 aliphatic rings. The number of benzene rings is 3. The maximum atomic E-state index is 12.6. The third kappa shape index (κ3) is 5.42. The number of sulfonamides is 1. The van der Waals surface area contributed by atoms with E-state index < -0.39 is 10.0 Å². The lowest BCUT2D eigenvalue weighted by Crippen LogP contribution is -2.15. The molecule has 0 radical (unpaired) electrons. The van der Waals surface area contributed by atoms with Gasteiger partial charge in [-0.3, -0.25) is 4.79 Å². The monoisotopic (exact) mass is 458 g/mol. The van der Waals surface area contributed by atoms with E-state index in [1.165, 1.54) is 24.4 Å². The summed E-state index contributed by atoms with van der Waals surface area (Å²) in [7, 11) is -3.83. The van der Waals surface area contributed by atoms with Crippen LogP contribution in [0.2, 0.25) is 0 Å². The van der Waals surface area contributed by atoms with Crippen LogP contribution in [0.5, 0.6) is 0 Å². The molecule has 2 N–H and O–H groups in total. The second kappa shape index (κ2) is 9.22. The van der Waals surface area contributed by atoms with Gasteiger partial charge in [0.25, 0.3) is 10.0 Å². The van der Waals surface area contributed by atoms with Crippen molar-refractivity contribution in [3.05, 3.63) is 102 Å². The highest BCUT2D eigenvalue weighted by Crippen LogP contribution is 2.18. The topological polar surface area (TPSA) is 101 Å². The van der Waals surface area contributed by atoms with Gasteiger partial charge in [-0.2, -0.15) is 0 Å². The van der Waals surface area contributed by atoms with Crippen molar-refractivity contribution in [3.8, 4) is 0 Å². The van der Waals surface area contributed by atoms with Crippen molar-refractivity contribution in [2.45, 2.75) is 18.7 Å². The highest BCUT2D eigenvalue weighted by Gasteiger charge is 2.16. The zero-order valence-electron chi connectivity index (χ0n) is 18.1. The summed E-state index contributed by atoms with van der Waals surface area (Å²) in [6, 6.07) is 21.3. The molecule has 4 rings (SSSR count). The molecule has 7 nitrogen and oxygen atoms in total. The fourth-order valence-corrected chi connectivity index (χ4v) is 4.28. The second-order valence-corrected chi connectivity index (χ2v) is 9.19. The fourth-order valence-electron chi connectivity index (χ4n) is 3.33. The lowest BCUT2D eigenvalue weighted by molar-refractivity contribution is 0.104. The van der Waals surface area contributed by atoms with Crippen LogP contribution < -0.4 is 10.0 Å². The van der Waals surface area contributed by atoms with Gasteiger partial charge in [0.1, 0.15) is 0 Å². The highest BCUT2D eigenvalue weighted by atomic mass is 32.2. The summed E-state index contributed by atoms with van der Waals surface area (Å²) in [4.78, 5) is 20.7. The number of fused-ring (bicyclic) bond motifs is 1. The molecule has 3 aromatic carbocycles. The molecule has 0 aliphatic carbocycles. The Hall–Kier alpha value is -4.04. The molecule has 0 unspecified atom stereocenters. The van der Waals surface area contributed by atoms with Crippen LogP contribution in [0.3, 0.4) is 0 Å². The first-order chi connectivity index (χ1) is 15.8. The van der Waals surface area contributed by atoms with Crippen LogP contribution in [0.1, 0.15) is 21.7 Å². The number of aryl methyl sites for hydroxylation is 2. The molecule has 0 saturated heterocycles. The first-order valence-corrected chi connectivity index (χ1v) is 11.7. The van der Waals surface area contributed by atoms with Gasteiger partial charge in [0.15, 0.2) is 5.78 Å². The Morgan fingerprint density at radius 1 is 0.848 bits per heavy atom. The molecule has 0 spiro atoms. The summed E-state index contributed by atoms with van der Waals surface area (Å²) in [5.41, 5.74) is 2.57. The van der Waals surface area contributed by atoms with Crippen LogP contribution in [0.15, 0.2) is 90.0 Å². The predicted molar refractivity (Wildman–Crippen MR) is 130 cm³/mol. The molecule has 0 fully saturated rings.